The van der Waals surface area contributed by atoms with E-state index >= 15 is 0 Å². The minimum Gasteiger partial charge on any atom is -0.346 e. The van der Waals surface area contributed by atoms with Gasteiger partial charge in [-0.25, -0.2) is 0 Å². The van der Waals surface area contributed by atoms with Gasteiger partial charge < -0.3 is 10.2 Å². The van der Waals surface area contributed by atoms with Crippen molar-refractivity contribution in [2.45, 2.75) is 26.3 Å². The smallest absolute Gasteiger partial charge is 0.248 e. The van der Waals surface area contributed by atoms with Crippen LogP contribution in [0.15, 0.2) is 35.5 Å². The molecule has 2 heterocycles. The minimum atomic E-state index is 0.00130. The van der Waals surface area contributed by atoms with Crippen molar-refractivity contribution >= 4 is 12.3 Å². The van der Waals surface area contributed by atoms with Crippen LogP contribution in [0.2, 0.25) is 0 Å². The zero-order chi connectivity index (χ0) is 13.8. The molecule has 4 heteroatoms. The molecule has 2 rings (SSSR count). The summed E-state index contributed by atoms with van der Waals surface area (Å²) in [5, 5.41) is 3.02. The summed E-state index contributed by atoms with van der Waals surface area (Å²) in [5.74, 6) is 0.0446. The van der Waals surface area contributed by atoms with E-state index in [1.54, 1.807) is 4.90 Å². The van der Waals surface area contributed by atoms with Gasteiger partial charge in [0.15, 0.2) is 0 Å². The summed E-state index contributed by atoms with van der Waals surface area (Å²) in [5.41, 5.74) is 1.91. The molecule has 0 fully saturated rings. The van der Waals surface area contributed by atoms with Crippen molar-refractivity contribution in [3.8, 4) is 0 Å². The van der Waals surface area contributed by atoms with E-state index < -0.39 is 0 Å². The third kappa shape index (κ3) is 2.95. The van der Waals surface area contributed by atoms with Gasteiger partial charge in [0.1, 0.15) is 0 Å². The lowest BCUT2D eigenvalue weighted by atomic mass is 9.92. The van der Waals surface area contributed by atoms with Crippen molar-refractivity contribution in [3.05, 3.63) is 35.5 Å². The summed E-state index contributed by atoms with van der Waals surface area (Å²) in [6.07, 6.45) is 9.43. The molecule has 0 saturated carbocycles. The van der Waals surface area contributed by atoms with E-state index in [-0.39, 0.29) is 17.9 Å². The molecule has 0 saturated heterocycles. The van der Waals surface area contributed by atoms with Gasteiger partial charge in [-0.1, -0.05) is 31.2 Å². The third-order valence-corrected chi connectivity index (χ3v) is 3.75. The number of carbonyl (C=O) groups is 2. The van der Waals surface area contributed by atoms with Crippen molar-refractivity contribution in [1.29, 1.82) is 0 Å². The number of fused-ring (bicyclic) bond motifs is 1. The molecule has 4 nitrogen and oxygen atoms in total. The second-order valence-electron chi connectivity index (χ2n) is 5.06. The molecule has 1 N–H and O–H groups in total. The Morgan fingerprint density at radius 3 is 2.95 bits per heavy atom. The van der Waals surface area contributed by atoms with Gasteiger partial charge in [0.2, 0.25) is 12.3 Å². The SMILES string of the molecule is C/C=C\C=C1\C(=O)NC2C=C(CN(C=O)CC2)C1C. The van der Waals surface area contributed by atoms with E-state index in [0.717, 1.165) is 24.0 Å². The molecule has 102 valence electrons. The van der Waals surface area contributed by atoms with Gasteiger partial charge in [0, 0.05) is 30.6 Å². The first kappa shape index (κ1) is 13.6. The average molecular weight is 260 g/mol. The van der Waals surface area contributed by atoms with Crippen molar-refractivity contribution in [2.24, 2.45) is 5.92 Å². The van der Waals surface area contributed by atoms with Crippen molar-refractivity contribution in [1.82, 2.24) is 10.2 Å². The lowest BCUT2D eigenvalue weighted by Crippen LogP contribution is -2.37. The molecular formula is C15H20N2O2. The summed E-state index contributed by atoms with van der Waals surface area (Å²) in [7, 11) is 0. The molecule has 0 aliphatic carbocycles. The standard InChI is InChI=1S/C15H20N2O2/c1-3-4-5-14-11(2)12-8-13(16-15(14)19)6-7-17(9-12)10-18/h3-5,8,10-11,13H,6-7,9H2,1-2H3,(H,16,19)/b4-3-,14-5+. The summed E-state index contributed by atoms with van der Waals surface area (Å²) < 4.78 is 0. The Bertz CT molecular complexity index is 463. The number of rotatable bonds is 2. The normalized spacial score (nSPS) is 29.8. The van der Waals surface area contributed by atoms with Gasteiger partial charge in [0.25, 0.3) is 0 Å². The fraction of sp³-hybridized carbons (Fsp3) is 0.467. The predicted molar refractivity (Wildman–Crippen MR) is 74.3 cm³/mol. The quantitative estimate of drug-likeness (QED) is 0.463. The van der Waals surface area contributed by atoms with E-state index in [0.29, 0.717) is 13.1 Å². The third-order valence-electron chi connectivity index (χ3n) is 3.75. The highest BCUT2D eigenvalue weighted by molar-refractivity contribution is 5.95. The van der Waals surface area contributed by atoms with Crippen molar-refractivity contribution < 1.29 is 9.59 Å². The molecule has 0 radical (unpaired) electrons. The number of nitrogens with zero attached hydrogens (tertiary/aromatic N) is 1. The predicted octanol–water partition coefficient (Wildman–Crippen LogP) is 1.41. The highest BCUT2D eigenvalue weighted by Crippen LogP contribution is 2.27. The maximum Gasteiger partial charge on any atom is 0.248 e. The monoisotopic (exact) mass is 260 g/mol. The Labute approximate surface area is 113 Å². The summed E-state index contributed by atoms with van der Waals surface area (Å²) >= 11 is 0. The Morgan fingerprint density at radius 1 is 1.47 bits per heavy atom. The van der Waals surface area contributed by atoms with Crippen molar-refractivity contribution in [3.63, 3.8) is 0 Å². The molecular weight excluding hydrogens is 240 g/mol. The van der Waals surface area contributed by atoms with Crippen LogP contribution in [0, 0.1) is 5.92 Å². The molecule has 0 aromatic carbocycles. The lowest BCUT2D eigenvalue weighted by molar-refractivity contribution is -0.118. The first-order valence-electron chi connectivity index (χ1n) is 6.69. The minimum absolute atomic E-state index is 0.00130. The molecule has 19 heavy (non-hydrogen) atoms. The van der Waals surface area contributed by atoms with Crippen LogP contribution in [0.3, 0.4) is 0 Å². The van der Waals surface area contributed by atoms with E-state index in [1.807, 2.05) is 32.1 Å². The van der Waals surface area contributed by atoms with Crippen LogP contribution in [0.4, 0.5) is 0 Å². The summed E-state index contributed by atoms with van der Waals surface area (Å²) in [6.45, 7) is 5.25. The first-order valence-corrected chi connectivity index (χ1v) is 6.69. The molecule has 2 aliphatic rings. The second-order valence-corrected chi connectivity index (χ2v) is 5.06. The highest BCUT2D eigenvalue weighted by atomic mass is 16.2. The van der Waals surface area contributed by atoms with Crippen LogP contribution >= 0.6 is 0 Å². The van der Waals surface area contributed by atoms with Crippen molar-refractivity contribution in [2.75, 3.05) is 13.1 Å². The van der Waals surface area contributed by atoms with Crippen LogP contribution in [-0.4, -0.2) is 36.3 Å². The van der Waals surface area contributed by atoms with Crippen LogP contribution in [0.25, 0.3) is 0 Å². The topological polar surface area (TPSA) is 49.4 Å². The van der Waals surface area contributed by atoms with Crippen LogP contribution < -0.4 is 5.32 Å². The highest BCUT2D eigenvalue weighted by Gasteiger charge is 2.29. The molecule has 0 aromatic heterocycles. The molecule has 2 aliphatic heterocycles. The van der Waals surface area contributed by atoms with Gasteiger partial charge >= 0.3 is 0 Å². The van der Waals surface area contributed by atoms with Crippen LogP contribution in [-0.2, 0) is 9.59 Å². The van der Waals surface area contributed by atoms with Gasteiger partial charge in [-0.05, 0) is 18.9 Å². The van der Waals surface area contributed by atoms with E-state index in [9.17, 15) is 9.59 Å². The molecule has 2 bridgehead atoms. The fourth-order valence-electron chi connectivity index (χ4n) is 2.57. The summed E-state index contributed by atoms with van der Waals surface area (Å²) in [6, 6.07) is 0.0337. The molecule has 0 aromatic rings. The van der Waals surface area contributed by atoms with E-state index in [4.69, 9.17) is 0 Å². The maximum atomic E-state index is 12.2. The van der Waals surface area contributed by atoms with Gasteiger partial charge in [-0.2, -0.15) is 0 Å². The van der Waals surface area contributed by atoms with E-state index in [1.165, 1.54) is 0 Å². The number of hydrogen-bond acceptors (Lipinski definition) is 2. The number of nitrogens with one attached hydrogen (secondary N) is 1. The number of carbonyl (C=O) groups excluding carboxylic acids is 2. The van der Waals surface area contributed by atoms with Gasteiger partial charge in [-0.15, -0.1) is 0 Å². The van der Waals surface area contributed by atoms with E-state index in [2.05, 4.69) is 11.4 Å². The number of allylic oxidation sites excluding steroid dienone is 3. The Kier molecular flexibility index (Phi) is 4.20. The molecule has 2 unspecified atom stereocenters. The fourth-order valence-corrected chi connectivity index (χ4v) is 2.57. The Balaban J connectivity index is 2.32. The zero-order valence-corrected chi connectivity index (χ0v) is 11.4. The zero-order valence-electron chi connectivity index (χ0n) is 11.4. The molecule has 2 amide bonds. The Morgan fingerprint density at radius 2 is 2.26 bits per heavy atom. The van der Waals surface area contributed by atoms with Crippen LogP contribution in [0.1, 0.15) is 20.3 Å². The molecule has 2 atom stereocenters. The van der Waals surface area contributed by atoms with Crippen LogP contribution in [0.5, 0.6) is 0 Å². The first-order chi connectivity index (χ1) is 9.15. The average Bonchev–Trinajstić information content (AvgIpc) is 2.66. The number of amides is 2. The largest absolute Gasteiger partial charge is 0.346 e. The second kappa shape index (κ2) is 5.87. The number of hydrogen-bond donors (Lipinski definition) is 1. The van der Waals surface area contributed by atoms with Gasteiger partial charge in [0.05, 0.1) is 0 Å². The molecule has 0 spiro atoms. The summed E-state index contributed by atoms with van der Waals surface area (Å²) in [4.78, 5) is 25.0. The Hall–Kier alpha value is -1.84. The maximum absolute atomic E-state index is 12.2. The lowest BCUT2D eigenvalue weighted by Gasteiger charge is -2.22. The van der Waals surface area contributed by atoms with Gasteiger partial charge in [-0.3, -0.25) is 9.59 Å².